The molecule has 1 N–H and O–H groups in total. The van der Waals surface area contributed by atoms with E-state index in [0.29, 0.717) is 12.2 Å². The van der Waals surface area contributed by atoms with Gasteiger partial charge in [0.1, 0.15) is 5.76 Å². The van der Waals surface area contributed by atoms with Gasteiger partial charge < -0.3 is 4.89 Å². The molecule has 0 atom stereocenters. The Kier molecular flexibility index (Phi) is 4.64. The van der Waals surface area contributed by atoms with Gasteiger partial charge in [0.2, 0.25) is 0 Å². The Bertz CT molecular complexity index is 130. The molecule has 51 valence electrons. The first-order valence-electron chi connectivity index (χ1n) is 2.27. The maximum absolute atomic E-state index is 7.74. The monoisotopic (exact) mass is 301 g/mol. The predicted octanol–water partition coefficient (Wildman–Crippen LogP) is 1.25. The van der Waals surface area contributed by atoms with Gasteiger partial charge in [0.25, 0.3) is 0 Å². The van der Waals surface area contributed by atoms with Gasteiger partial charge in [-0.2, -0.15) is 0 Å². The van der Waals surface area contributed by atoms with Crippen LogP contribution in [0.25, 0.3) is 0 Å². The van der Waals surface area contributed by atoms with E-state index in [2.05, 4.69) is 9.93 Å². The average Bonchev–Trinajstić information content (AvgIpc) is 2.19. The first kappa shape index (κ1) is 8.86. The molecule has 1 aliphatic rings. The van der Waals surface area contributed by atoms with Gasteiger partial charge in [-0.25, -0.2) is 5.26 Å². The minimum atomic E-state index is 0. The molecule has 0 bridgehead atoms. The van der Waals surface area contributed by atoms with Crippen molar-refractivity contribution in [1.82, 2.24) is 0 Å². The zero-order valence-corrected chi connectivity index (χ0v) is 7.30. The van der Waals surface area contributed by atoms with Crippen LogP contribution in [0.4, 0.5) is 0 Å². The van der Waals surface area contributed by atoms with E-state index < -0.39 is 0 Å². The molecule has 0 aromatic heterocycles. The first-order valence-corrected chi connectivity index (χ1v) is 2.27. The summed E-state index contributed by atoms with van der Waals surface area (Å²) >= 11 is 0. The normalized spacial score (nSPS) is 14.6. The number of rotatable bonds is 2. The molecule has 0 heterocycles. The largest absolute Gasteiger partial charge is 0.313 e. The van der Waals surface area contributed by atoms with Crippen molar-refractivity contribution in [3.8, 4) is 0 Å². The molecule has 4 heteroatoms. The second kappa shape index (κ2) is 4.71. The number of allylic oxidation sites excluding steroid dienone is 3. The molecule has 0 aromatic rings. The van der Waals surface area contributed by atoms with Crippen LogP contribution in [0.3, 0.4) is 0 Å². The van der Waals surface area contributed by atoms with E-state index in [1.54, 1.807) is 6.08 Å². The van der Waals surface area contributed by atoms with Crippen LogP contribution in [0.1, 0.15) is 6.42 Å². The van der Waals surface area contributed by atoms with Crippen molar-refractivity contribution in [3.05, 3.63) is 24.0 Å². The van der Waals surface area contributed by atoms with E-state index in [0.717, 1.165) is 0 Å². The molecule has 0 unspecified atom stereocenters. The molecule has 0 amide bonds. The Morgan fingerprint density at radius 3 is 2.78 bits per heavy atom. The summed E-state index contributed by atoms with van der Waals surface area (Å²) in [5.74, 6) is 0.618. The van der Waals surface area contributed by atoms with Crippen molar-refractivity contribution in [3.63, 3.8) is 0 Å². The van der Waals surface area contributed by atoms with E-state index in [4.69, 9.17) is 5.26 Å². The first-order chi connectivity index (χ1) is 3.93. The van der Waals surface area contributed by atoms with Gasteiger partial charge in [-0.05, 0) is 11.1 Å². The fourth-order valence-corrected chi connectivity index (χ4v) is 0.537. The van der Waals surface area contributed by atoms with Gasteiger partial charge >= 0.3 is 0 Å². The summed E-state index contributed by atoms with van der Waals surface area (Å²) in [7, 11) is 0. The summed E-state index contributed by atoms with van der Waals surface area (Å²) in [5.41, 5.74) is 0. The summed E-state index contributed by atoms with van der Waals surface area (Å²) < 4.78 is 0. The second-order valence-corrected chi connectivity index (χ2v) is 1.42. The van der Waals surface area contributed by atoms with Crippen molar-refractivity contribution < 1.29 is 35.6 Å². The number of hydrogen-bond acceptors (Lipinski definition) is 3. The topological polar surface area (TPSA) is 38.7 Å². The second-order valence-electron chi connectivity index (χ2n) is 1.42. The third kappa shape index (κ3) is 2.78. The fourth-order valence-electron chi connectivity index (χ4n) is 0.537. The zero-order chi connectivity index (χ0) is 5.82. The van der Waals surface area contributed by atoms with Crippen LogP contribution in [0.2, 0.25) is 0 Å². The molecule has 9 heavy (non-hydrogen) atoms. The third-order valence-electron chi connectivity index (χ3n) is 0.882. The van der Waals surface area contributed by atoms with Gasteiger partial charge in [-0.1, -0.05) is 12.2 Å². The molecule has 1 aliphatic carbocycles. The minimum absolute atomic E-state index is 0. The molecule has 0 aliphatic heterocycles. The Labute approximate surface area is 66.5 Å². The molecule has 0 saturated heterocycles. The molecular weight excluding hydrogens is 294 g/mol. The van der Waals surface area contributed by atoms with E-state index in [9.17, 15) is 0 Å². The van der Waals surface area contributed by atoms with E-state index >= 15 is 0 Å². The van der Waals surface area contributed by atoms with E-state index in [1.165, 1.54) is 0 Å². The van der Waals surface area contributed by atoms with Crippen LogP contribution in [0.15, 0.2) is 24.0 Å². The Hall–Kier alpha value is -0.138. The van der Waals surface area contributed by atoms with Crippen molar-refractivity contribution in [2.45, 2.75) is 6.42 Å². The summed E-state index contributed by atoms with van der Waals surface area (Å²) in [5, 5.41) is 11.2. The van der Waals surface area contributed by atoms with E-state index in [-0.39, 0.29) is 20.4 Å². The molecule has 1 rings (SSSR count). The van der Waals surface area contributed by atoms with Crippen molar-refractivity contribution in [2.24, 2.45) is 0 Å². The van der Waals surface area contributed by atoms with E-state index in [1.807, 2.05) is 12.2 Å². The van der Waals surface area contributed by atoms with Crippen LogP contribution in [-0.2, 0) is 30.3 Å². The summed E-state index contributed by atoms with van der Waals surface area (Å²) in [6.45, 7) is 0. The van der Waals surface area contributed by atoms with Crippen LogP contribution >= 0.6 is 0 Å². The van der Waals surface area contributed by atoms with Gasteiger partial charge in [0, 0.05) is 26.8 Å². The van der Waals surface area contributed by atoms with Crippen LogP contribution < -0.4 is 0 Å². The fraction of sp³-hybridized carbons (Fsp3) is 0.200. The SMILES string of the molecule is OOOC1=CC=CC1.[Re]. The molecule has 0 fully saturated rings. The Morgan fingerprint density at radius 2 is 2.33 bits per heavy atom. The van der Waals surface area contributed by atoms with Crippen LogP contribution in [-0.4, -0.2) is 5.26 Å². The molecule has 0 spiro atoms. The number of hydrogen-bond donors (Lipinski definition) is 1. The van der Waals surface area contributed by atoms with Crippen LogP contribution in [0.5, 0.6) is 0 Å². The van der Waals surface area contributed by atoms with Gasteiger partial charge in [-0.3, -0.25) is 0 Å². The molecule has 0 saturated carbocycles. The van der Waals surface area contributed by atoms with Crippen LogP contribution in [0, 0.1) is 0 Å². The smallest absolute Gasteiger partial charge is 0.149 e. The molecule has 1 radical (unpaired) electrons. The zero-order valence-electron chi connectivity index (χ0n) is 4.58. The maximum Gasteiger partial charge on any atom is 0.149 e. The third-order valence-corrected chi connectivity index (χ3v) is 0.882. The Morgan fingerprint density at radius 1 is 1.56 bits per heavy atom. The minimum Gasteiger partial charge on any atom is -0.313 e. The van der Waals surface area contributed by atoms with Gasteiger partial charge in [0.15, 0.2) is 0 Å². The molecular formula is C5H6O3Re. The van der Waals surface area contributed by atoms with Crippen molar-refractivity contribution in [1.29, 1.82) is 0 Å². The summed E-state index contributed by atoms with van der Waals surface area (Å²) in [4.78, 5) is 4.26. The van der Waals surface area contributed by atoms with Crippen molar-refractivity contribution in [2.75, 3.05) is 0 Å². The summed E-state index contributed by atoms with van der Waals surface area (Å²) in [6, 6.07) is 0. The predicted molar refractivity (Wildman–Crippen MR) is 26.6 cm³/mol. The average molecular weight is 300 g/mol. The van der Waals surface area contributed by atoms with Crippen molar-refractivity contribution >= 4 is 0 Å². The molecule has 0 aromatic carbocycles. The molecule has 3 nitrogen and oxygen atoms in total. The quantitative estimate of drug-likeness (QED) is 0.616. The Balaban J connectivity index is 0.000000640. The van der Waals surface area contributed by atoms with Gasteiger partial charge in [0.05, 0.1) is 0 Å². The van der Waals surface area contributed by atoms with Gasteiger partial charge in [-0.15, -0.1) is 0 Å². The summed E-state index contributed by atoms with van der Waals surface area (Å²) in [6.07, 6.45) is 6.14. The standard InChI is InChI=1S/C5H6O3.Re/c6-8-7-5-3-1-2-4-5;/h1-3,6H,4H2;. The maximum atomic E-state index is 7.74.